The molecule has 1 fully saturated rings. The number of rotatable bonds is 8. The van der Waals surface area contributed by atoms with E-state index < -0.39 is 52.6 Å². The van der Waals surface area contributed by atoms with E-state index in [0.717, 1.165) is 11.3 Å². The zero-order valence-corrected chi connectivity index (χ0v) is 16.0. The first kappa shape index (κ1) is 21.9. The number of hydrogen-bond donors (Lipinski definition) is 4. The summed E-state index contributed by atoms with van der Waals surface area (Å²) in [7, 11) is -4.97. The number of carbonyl (C=O) groups excluding carboxylic acids is 3. The number of nitrogens with zero attached hydrogens (tertiary/aromatic N) is 3. The summed E-state index contributed by atoms with van der Waals surface area (Å²) in [5.41, 5.74) is 9.94. The molecule has 0 aliphatic carbocycles. The van der Waals surface area contributed by atoms with E-state index in [0.29, 0.717) is 0 Å². The van der Waals surface area contributed by atoms with Crippen LogP contribution in [0, 0.1) is 12.3 Å². The lowest BCUT2D eigenvalue weighted by atomic mass is 9.99. The highest BCUT2D eigenvalue weighted by Crippen LogP contribution is 2.24. The Hall–Kier alpha value is -3.42. The van der Waals surface area contributed by atoms with Gasteiger partial charge in [0.25, 0.3) is 11.8 Å². The van der Waals surface area contributed by atoms with Crippen molar-refractivity contribution in [3.63, 3.8) is 0 Å². The number of nitrogens with two attached hydrogens (primary N) is 2. The summed E-state index contributed by atoms with van der Waals surface area (Å²) in [5, 5.41) is 7.25. The quantitative estimate of drug-likeness (QED) is 0.0833. The Morgan fingerprint density at radius 1 is 1.52 bits per heavy atom. The van der Waals surface area contributed by atoms with Gasteiger partial charge in [-0.15, -0.1) is 17.8 Å². The predicted octanol–water partition coefficient (Wildman–Crippen LogP) is -2.33. The Morgan fingerprint density at radius 2 is 2.21 bits per heavy atom. The van der Waals surface area contributed by atoms with Gasteiger partial charge in [0.05, 0.1) is 0 Å². The number of carbonyl (C=O) groups is 3. The summed E-state index contributed by atoms with van der Waals surface area (Å²) in [6.07, 6.45) is 3.78. The van der Waals surface area contributed by atoms with Gasteiger partial charge in [-0.25, -0.2) is 14.1 Å². The van der Waals surface area contributed by atoms with Crippen LogP contribution >= 0.6 is 11.3 Å². The van der Waals surface area contributed by atoms with Gasteiger partial charge < -0.3 is 26.4 Å². The molecule has 6 N–H and O–H groups in total. The molecule has 3 amide bonds. The van der Waals surface area contributed by atoms with Crippen LogP contribution in [0.1, 0.15) is 5.69 Å². The van der Waals surface area contributed by atoms with Crippen LogP contribution in [0.3, 0.4) is 0 Å². The molecule has 1 aliphatic heterocycles. The Bertz CT molecular complexity index is 997. The fourth-order valence-corrected chi connectivity index (χ4v) is 3.65. The third kappa shape index (κ3) is 5.10. The summed E-state index contributed by atoms with van der Waals surface area (Å²) >= 11 is 0.995. The number of terminal acetylenes is 1. The lowest BCUT2D eigenvalue weighted by molar-refractivity contribution is -0.146. The highest BCUT2D eigenvalue weighted by atomic mass is 32.2. The number of oxime groups is 1. The number of aromatic nitrogens is 1. The second-order valence-corrected chi connectivity index (χ2v) is 7.43. The molecule has 29 heavy (non-hydrogen) atoms. The first-order valence-corrected chi connectivity index (χ1v) is 9.72. The Labute approximate surface area is 167 Å². The van der Waals surface area contributed by atoms with Crippen molar-refractivity contribution in [3.05, 3.63) is 11.1 Å². The van der Waals surface area contributed by atoms with Gasteiger partial charge in [0.2, 0.25) is 0 Å². The molecule has 1 aliphatic rings. The second-order valence-electron chi connectivity index (χ2n) is 5.25. The third-order valence-electron chi connectivity index (χ3n) is 3.38. The Morgan fingerprint density at radius 3 is 2.72 bits per heavy atom. The van der Waals surface area contributed by atoms with E-state index in [1.54, 1.807) is 0 Å². The van der Waals surface area contributed by atoms with Gasteiger partial charge in [-0.3, -0.25) is 14.1 Å². The van der Waals surface area contributed by atoms with E-state index in [2.05, 4.69) is 26.1 Å². The van der Waals surface area contributed by atoms with Crippen LogP contribution in [0.15, 0.2) is 10.5 Å². The van der Waals surface area contributed by atoms with E-state index in [4.69, 9.17) is 27.3 Å². The van der Waals surface area contributed by atoms with Crippen LogP contribution in [0.4, 0.5) is 9.93 Å². The van der Waals surface area contributed by atoms with Crippen LogP contribution in [0.25, 0.3) is 0 Å². The van der Waals surface area contributed by atoms with Crippen molar-refractivity contribution < 1.29 is 36.9 Å². The molecular formula is C13H14N6O8S2. The SMILES string of the molecule is C#CCO/N=C(\C(=O)N[C@@H]1C(=O)N(S(=O)(=O)O)[C@@H]1COC(N)=O)c1csc(N)n1. The van der Waals surface area contributed by atoms with Crippen LogP contribution in [-0.2, 0) is 29.5 Å². The normalized spacial score (nSPS) is 19.1. The summed E-state index contributed by atoms with van der Waals surface area (Å²) in [6, 6.07) is -2.93. The highest BCUT2D eigenvalue weighted by molar-refractivity contribution is 7.84. The number of hydrogen-bond acceptors (Lipinski definition) is 11. The van der Waals surface area contributed by atoms with Crippen molar-refractivity contribution in [2.24, 2.45) is 10.9 Å². The van der Waals surface area contributed by atoms with Crippen LogP contribution in [-0.4, -0.2) is 71.2 Å². The number of anilines is 1. The number of nitrogen functional groups attached to an aromatic ring is 1. The molecule has 0 unspecified atom stereocenters. The highest BCUT2D eigenvalue weighted by Gasteiger charge is 2.54. The minimum Gasteiger partial charge on any atom is -0.447 e. The molecule has 156 valence electrons. The van der Waals surface area contributed by atoms with Crippen LogP contribution in [0.5, 0.6) is 0 Å². The Kier molecular flexibility index (Phi) is 6.58. The molecule has 1 saturated heterocycles. The number of ether oxygens (including phenoxy) is 1. The fraction of sp³-hybridized carbons (Fsp3) is 0.308. The van der Waals surface area contributed by atoms with Gasteiger partial charge in [0.15, 0.2) is 17.5 Å². The number of β-lactam (4-membered cyclic amide) rings is 1. The maximum absolute atomic E-state index is 12.6. The van der Waals surface area contributed by atoms with Crippen molar-refractivity contribution >= 4 is 50.4 Å². The minimum absolute atomic E-state index is 0.00497. The van der Waals surface area contributed by atoms with E-state index in [9.17, 15) is 22.8 Å². The van der Waals surface area contributed by atoms with E-state index in [1.165, 1.54) is 5.38 Å². The molecule has 14 nitrogen and oxygen atoms in total. The van der Waals surface area contributed by atoms with Crippen molar-refractivity contribution in [1.82, 2.24) is 14.6 Å². The number of primary amides is 1. The van der Waals surface area contributed by atoms with Crippen molar-refractivity contribution in [1.29, 1.82) is 0 Å². The van der Waals surface area contributed by atoms with E-state index in [-0.39, 0.29) is 21.7 Å². The van der Waals surface area contributed by atoms with Crippen LogP contribution in [0.2, 0.25) is 0 Å². The molecule has 16 heteroatoms. The van der Waals surface area contributed by atoms with Gasteiger partial charge in [-0.05, 0) is 0 Å². The van der Waals surface area contributed by atoms with Crippen molar-refractivity contribution in [2.75, 3.05) is 18.9 Å². The van der Waals surface area contributed by atoms with Gasteiger partial charge in [0, 0.05) is 5.38 Å². The number of thiazole rings is 1. The zero-order valence-electron chi connectivity index (χ0n) is 14.3. The molecule has 2 atom stereocenters. The smallest absolute Gasteiger partial charge is 0.404 e. The lowest BCUT2D eigenvalue weighted by Gasteiger charge is -2.43. The first-order chi connectivity index (χ1) is 13.6. The average Bonchev–Trinajstić information content (AvgIpc) is 3.04. The molecule has 1 aromatic rings. The van der Waals surface area contributed by atoms with E-state index in [1.807, 2.05) is 0 Å². The second kappa shape index (κ2) is 8.72. The van der Waals surface area contributed by atoms with Gasteiger partial charge in [-0.2, -0.15) is 8.42 Å². The lowest BCUT2D eigenvalue weighted by Crippen LogP contribution is -2.73. The molecule has 0 radical (unpaired) electrons. The monoisotopic (exact) mass is 446 g/mol. The maximum Gasteiger partial charge on any atom is 0.404 e. The largest absolute Gasteiger partial charge is 0.447 e. The average molecular weight is 446 g/mol. The van der Waals surface area contributed by atoms with Gasteiger partial charge in [-0.1, -0.05) is 11.1 Å². The van der Waals surface area contributed by atoms with Crippen molar-refractivity contribution in [2.45, 2.75) is 12.1 Å². The fourth-order valence-electron chi connectivity index (χ4n) is 2.24. The molecule has 0 spiro atoms. The predicted molar refractivity (Wildman–Crippen MR) is 97.5 cm³/mol. The maximum atomic E-state index is 12.6. The molecule has 0 aromatic carbocycles. The van der Waals surface area contributed by atoms with Gasteiger partial charge >= 0.3 is 16.4 Å². The first-order valence-electron chi connectivity index (χ1n) is 7.44. The molecule has 2 rings (SSSR count). The molecule has 0 bridgehead atoms. The van der Waals surface area contributed by atoms with Gasteiger partial charge in [0.1, 0.15) is 24.4 Å². The standard InChI is InChI=1S/C13H14N6O8S2/c1-2-3-27-18-8(6-5-28-12(14)16-6)10(20)17-9-7(4-26-13(15)22)19(11(9)21)29(23,24)25/h1,5,7,9H,3-4H2,(H2,14,16)(H2,15,22)(H,17,20)(H,23,24,25)/b18-8-/t7-,9+/m1/s1. The van der Waals surface area contributed by atoms with Crippen LogP contribution < -0.4 is 16.8 Å². The summed E-state index contributed by atoms with van der Waals surface area (Å²) in [5.74, 6) is -0.0490. The van der Waals surface area contributed by atoms with E-state index >= 15 is 0 Å². The number of nitrogens with one attached hydrogen (secondary N) is 1. The summed E-state index contributed by atoms with van der Waals surface area (Å²) < 4.78 is 36.3. The Balaban J connectivity index is 2.24. The summed E-state index contributed by atoms with van der Waals surface area (Å²) in [4.78, 5) is 44.1. The summed E-state index contributed by atoms with van der Waals surface area (Å²) in [6.45, 7) is -0.986. The molecular weight excluding hydrogens is 432 g/mol. The zero-order chi connectivity index (χ0) is 21.8. The molecule has 0 saturated carbocycles. The topological polar surface area (TPSA) is 217 Å². The molecule has 2 heterocycles. The minimum atomic E-state index is -4.97. The number of amides is 3. The third-order valence-corrected chi connectivity index (χ3v) is 5.01. The van der Waals surface area contributed by atoms with Crippen molar-refractivity contribution in [3.8, 4) is 12.3 Å². The molecule has 1 aromatic heterocycles.